The van der Waals surface area contributed by atoms with Crippen LogP contribution in [0.15, 0.2) is 24.3 Å². The summed E-state index contributed by atoms with van der Waals surface area (Å²) in [4.78, 5) is 46.9. The molecule has 1 aromatic rings. The Bertz CT molecular complexity index is 742. The first-order chi connectivity index (χ1) is 15.3. The van der Waals surface area contributed by atoms with Crippen molar-refractivity contribution >= 4 is 29.6 Å². The van der Waals surface area contributed by atoms with Crippen LogP contribution in [0.3, 0.4) is 0 Å². The quantitative estimate of drug-likeness (QED) is 0.182. The van der Waals surface area contributed by atoms with Gasteiger partial charge in [-0.2, -0.15) is 0 Å². The fraction of sp³-hybridized carbons (Fsp3) is 0.500. The number of hydrogen-bond acceptors (Lipinski definition) is 7. The maximum Gasteiger partial charge on any atom is 0.407 e. The molecular formula is C20H33N7O5. The molecule has 32 heavy (non-hydrogen) atoms. The van der Waals surface area contributed by atoms with Crippen LogP contribution in [-0.4, -0.2) is 70.3 Å². The zero-order valence-electron chi connectivity index (χ0n) is 18.5. The summed E-state index contributed by atoms with van der Waals surface area (Å²) in [5.41, 5.74) is 6.31. The standard InChI is InChI=1S/C20H33N7O5/c1-22-10-11-25-20(31)32-13-14-5-7-15(8-6-14)26-18(29)16(27-17(28)12-23-2)4-3-9-24-19(21)30/h5-8,16,22-23H,3-4,9-13H2,1-2H3,(H,25,31)(H,26,29)(H,27,28)(H3,21,24,30). The zero-order valence-corrected chi connectivity index (χ0v) is 18.5. The van der Waals surface area contributed by atoms with Crippen LogP contribution in [0.1, 0.15) is 18.4 Å². The summed E-state index contributed by atoms with van der Waals surface area (Å²) in [6, 6.07) is 5.37. The van der Waals surface area contributed by atoms with Crippen molar-refractivity contribution in [2.24, 2.45) is 5.73 Å². The van der Waals surface area contributed by atoms with Gasteiger partial charge in [0.1, 0.15) is 12.6 Å². The van der Waals surface area contributed by atoms with Crippen LogP contribution in [0.2, 0.25) is 0 Å². The molecule has 12 heteroatoms. The number of hydrogen-bond donors (Lipinski definition) is 7. The molecule has 0 radical (unpaired) electrons. The minimum absolute atomic E-state index is 0.0700. The average Bonchev–Trinajstić information content (AvgIpc) is 2.75. The van der Waals surface area contributed by atoms with Gasteiger partial charge in [0.15, 0.2) is 0 Å². The maximum atomic E-state index is 12.7. The molecule has 178 valence electrons. The largest absolute Gasteiger partial charge is 0.445 e. The molecule has 0 bridgehead atoms. The van der Waals surface area contributed by atoms with Crippen molar-refractivity contribution in [2.75, 3.05) is 45.6 Å². The topological polar surface area (TPSA) is 176 Å². The van der Waals surface area contributed by atoms with E-state index in [1.165, 1.54) is 0 Å². The predicted octanol–water partition coefficient (Wildman–Crippen LogP) is -0.777. The van der Waals surface area contributed by atoms with Gasteiger partial charge in [-0.15, -0.1) is 0 Å². The van der Waals surface area contributed by atoms with E-state index in [0.29, 0.717) is 31.6 Å². The monoisotopic (exact) mass is 451 g/mol. The Morgan fingerprint density at radius 1 is 0.969 bits per heavy atom. The van der Waals surface area contributed by atoms with E-state index >= 15 is 0 Å². The molecule has 0 spiro atoms. The van der Waals surface area contributed by atoms with Crippen LogP contribution in [-0.2, 0) is 20.9 Å². The molecule has 12 nitrogen and oxygen atoms in total. The molecule has 0 aliphatic rings. The van der Waals surface area contributed by atoms with Crippen LogP contribution in [0, 0.1) is 0 Å². The van der Waals surface area contributed by atoms with Crippen molar-refractivity contribution in [1.29, 1.82) is 0 Å². The molecule has 0 fully saturated rings. The SMILES string of the molecule is CNCCNC(=O)OCc1ccc(NC(=O)C(CCCNC(N)=O)NC(=O)CNC)cc1. The van der Waals surface area contributed by atoms with Gasteiger partial charge in [0.05, 0.1) is 6.54 Å². The highest BCUT2D eigenvalue weighted by atomic mass is 16.5. The Morgan fingerprint density at radius 3 is 2.31 bits per heavy atom. The number of nitrogens with one attached hydrogen (secondary N) is 6. The summed E-state index contributed by atoms with van der Waals surface area (Å²) >= 11 is 0. The number of alkyl carbamates (subject to hydrolysis) is 1. The third kappa shape index (κ3) is 11.7. The van der Waals surface area contributed by atoms with Gasteiger partial charge >= 0.3 is 12.1 Å². The summed E-state index contributed by atoms with van der Waals surface area (Å²) in [5, 5.41) is 16.1. The van der Waals surface area contributed by atoms with E-state index in [9.17, 15) is 19.2 Å². The average molecular weight is 452 g/mol. The van der Waals surface area contributed by atoms with Gasteiger partial charge in [0.25, 0.3) is 0 Å². The van der Waals surface area contributed by atoms with Crippen LogP contribution in [0.4, 0.5) is 15.3 Å². The number of benzene rings is 1. The molecule has 0 aromatic heterocycles. The number of amides is 5. The molecule has 0 saturated heterocycles. The van der Waals surface area contributed by atoms with E-state index in [-0.39, 0.29) is 31.5 Å². The Balaban J connectivity index is 2.58. The zero-order chi connectivity index (χ0) is 23.8. The van der Waals surface area contributed by atoms with E-state index in [0.717, 1.165) is 5.56 Å². The smallest absolute Gasteiger partial charge is 0.407 e. The Hall–Kier alpha value is -3.38. The molecule has 1 atom stereocenters. The van der Waals surface area contributed by atoms with Gasteiger partial charge in [-0.25, -0.2) is 9.59 Å². The van der Waals surface area contributed by atoms with E-state index in [1.807, 2.05) is 0 Å². The number of rotatable bonds is 14. The molecule has 1 unspecified atom stereocenters. The van der Waals surface area contributed by atoms with Crippen molar-refractivity contribution in [3.63, 3.8) is 0 Å². The summed E-state index contributed by atoms with van der Waals surface area (Å²) < 4.78 is 5.11. The summed E-state index contributed by atoms with van der Waals surface area (Å²) in [7, 11) is 3.41. The van der Waals surface area contributed by atoms with Crippen molar-refractivity contribution in [3.8, 4) is 0 Å². The van der Waals surface area contributed by atoms with E-state index in [4.69, 9.17) is 10.5 Å². The first-order valence-electron chi connectivity index (χ1n) is 10.3. The molecule has 1 aromatic carbocycles. The van der Waals surface area contributed by atoms with Crippen molar-refractivity contribution in [2.45, 2.75) is 25.5 Å². The molecule has 8 N–H and O–H groups in total. The lowest BCUT2D eigenvalue weighted by atomic mass is 10.1. The van der Waals surface area contributed by atoms with Crippen molar-refractivity contribution < 1.29 is 23.9 Å². The van der Waals surface area contributed by atoms with Gasteiger partial charge in [-0.05, 0) is 44.6 Å². The second-order valence-electron chi connectivity index (χ2n) is 6.88. The Morgan fingerprint density at radius 2 is 1.69 bits per heavy atom. The summed E-state index contributed by atoms with van der Waals surface area (Å²) in [6.45, 7) is 1.56. The molecular weight excluding hydrogens is 418 g/mol. The molecule has 0 aliphatic heterocycles. The Kier molecular flexibility index (Phi) is 12.8. The lowest BCUT2D eigenvalue weighted by molar-refractivity contribution is -0.126. The van der Waals surface area contributed by atoms with Crippen molar-refractivity contribution in [3.05, 3.63) is 29.8 Å². The minimum atomic E-state index is -0.783. The van der Waals surface area contributed by atoms with E-state index in [2.05, 4.69) is 31.9 Å². The fourth-order valence-electron chi connectivity index (χ4n) is 2.60. The molecule has 0 heterocycles. The van der Waals surface area contributed by atoms with Gasteiger partial charge < -0.3 is 42.4 Å². The maximum absolute atomic E-state index is 12.7. The normalized spacial score (nSPS) is 11.2. The van der Waals surface area contributed by atoms with Crippen molar-refractivity contribution in [1.82, 2.24) is 26.6 Å². The van der Waals surface area contributed by atoms with Gasteiger partial charge in [-0.1, -0.05) is 12.1 Å². The third-order valence-electron chi connectivity index (χ3n) is 4.19. The first-order valence-corrected chi connectivity index (χ1v) is 10.3. The van der Waals surface area contributed by atoms with Gasteiger partial charge in [0.2, 0.25) is 11.8 Å². The number of carbonyl (C=O) groups excluding carboxylic acids is 4. The Labute approximate surface area is 187 Å². The lowest BCUT2D eigenvalue weighted by Crippen LogP contribution is -2.46. The highest BCUT2D eigenvalue weighted by molar-refractivity contribution is 5.97. The number of carbonyl (C=O) groups is 4. The van der Waals surface area contributed by atoms with Gasteiger partial charge in [-0.3, -0.25) is 9.59 Å². The third-order valence-corrected chi connectivity index (χ3v) is 4.19. The number of urea groups is 1. The minimum Gasteiger partial charge on any atom is -0.445 e. The number of primary amides is 1. The van der Waals surface area contributed by atoms with E-state index < -0.39 is 18.2 Å². The van der Waals surface area contributed by atoms with Crippen LogP contribution < -0.4 is 37.6 Å². The number of likely N-dealkylation sites (N-methyl/N-ethyl adjacent to an activating group) is 2. The number of anilines is 1. The second-order valence-corrected chi connectivity index (χ2v) is 6.88. The molecule has 1 rings (SSSR count). The molecule has 5 amide bonds. The van der Waals surface area contributed by atoms with Gasteiger partial charge in [0, 0.05) is 25.3 Å². The number of ether oxygens (including phenoxy) is 1. The summed E-state index contributed by atoms with van der Waals surface area (Å²) in [6.07, 6.45) is 0.257. The predicted molar refractivity (Wildman–Crippen MR) is 120 cm³/mol. The first kappa shape index (κ1) is 26.7. The second kappa shape index (κ2) is 15.4. The van der Waals surface area contributed by atoms with E-state index in [1.54, 1.807) is 38.4 Å². The van der Waals surface area contributed by atoms with Crippen LogP contribution in [0.5, 0.6) is 0 Å². The summed E-state index contributed by atoms with van der Waals surface area (Å²) in [5.74, 6) is -0.711. The fourth-order valence-corrected chi connectivity index (χ4v) is 2.60. The highest BCUT2D eigenvalue weighted by Gasteiger charge is 2.20. The molecule has 0 aliphatic carbocycles. The number of nitrogens with two attached hydrogens (primary N) is 1. The highest BCUT2D eigenvalue weighted by Crippen LogP contribution is 2.12. The lowest BCUT2D eigenvalue weighted by Gasteiger charge is -2.19. The molecule has 0 saturated carbocycles. The van der Waals surface area contributed by atoms with Crippen LogP contribution >= 0.6 is 0 Å². The van der Waals surface area contributed by atoms with Crippen LogP contribution in [0.25, 0.3) is 0 Å².